The Balaban J connectivity index is 0.000000117. The number of amides is 5. The number of hydrogen-bond acceptors (Lipinski definition) is 12. The van der Waals surface area contributed by atoms with Gasteiger partial charge in [0.15, 0.2) is 0 Å². The molecule has 678 valence electrons. The summed E-state index contributed by atoms with van der Waals surface area (Å²) in [7, 11) is 2.81. The topological polar surface area (TPSA) is 274 Å². The van der Waals surface area contributed by atoms with Crippen LogP contribution in [0, 0.1) is 28.6 Å². The van der Waals surface area contributed by atoms with Crippen LogP contribution in [0.1, 0.15) is 146 Å². The number of hydrogen-bond donors (Lipinski definition) is 5. The molecule has 0 saturated carbocycles. The first-order valence-electron chi connectivity index (χ1n) is 44.0. The van der Waals surface area contributed by atoms with Gasteiger partial charge >= 0.3 is 30.5 Å². The highest BCUT2D eigenvalue weighted by Gasteiger charge is 2.42. The molecule has 0 aliphatic carbocycles. The molecular weight excluding hydrogens is 1860 g/mol. The molecule has 0 radical (unpaired) electrons. The highest BCUT2D eigenvalue weighted by Crippen LogP contribution is 2.47. The molecule has 5 amide bonds. The Morgan fingerprint density at radius 2 is 0.642 bits per heavy atom. The Kier molecular flexibility index (Phi) is 28.1. The van der Waals surface area contributed by atoms with Crippen LogP contribution < -0.4 is 4.74 Å². The van der Waals surface area contributed by atoms with Crippen LogP contribution in [0.15, 0.2) is 259 Å². The summed E-state index contributed by atoms with van der Waals surface area (Å²) in [6, 6.07) is 84.0. The Labute approximate surface area is 807 Å². The molecule has 134 heavy (non-hydrogen) atoms. The van der Waals surface area contributed by atoms with Crippen molar-refractivity contribution in [1.29, 1.82) is 10.5 Å². The molecule has 10 heterocycles. The number of rotatable bonds is 9. The molecule has 5 aliphatic heterocycles. The third kappa shape index (κ3) is 19.3. The Bertz CT molecular complexity index is 7160. The molecule has 0 saturated heterocycles. The van der Waals surface area contributed by atoms with Crippen molar-refractivity contribution in [3.05, 3.63) is 380 Å². The van der Waals surface area contributed by atoms with Gasteiger partial charge in [0.1, 0.15) is 36.0 Å². The van der Waals surface area contributed by atoms with Gasteiger partial charge in [-0.15, -0.1) is 0 Å². The maximum Gasteiger partial charge on any atom is 0.416 e. The maximum atomic E-state index is 13.1. The van der Waals surface area contributed by atoms with Gasteiger partial charge in [-0.2, -0.15) is 10.5 Å². The highest BCUT2D eigenvalue weighted by molar-refractivity contribution is 9.10. The molecule has 22 nitrogen and oxygen atoms in total. The predicted octanol–water partition coefficient (Wildman–Crippen LogP) is 26.0. The SMILES string of the molecule is CC(C)COC(=O)N1CCc2c([nH]c3ccc(Cl)cc23)C1c1ccccc1.CCOC(=O)N1CCc2c([nH]c3ccc(Cl)cc23)C1c1ccc(C#N)cc1.COC(=O)N1CCc2c([nH]c3ccc(Cl)cc23)C1c1ccc(C#N)cc1.COC(=O)N1CCc2c([nH]c3ccc(Cl)cc23)C1c1cccc(Br)c1.O=C(Oc1ccccc1)N1CCc2c([nH]c3ccc(Cl)cc23)C1c1ccccc1. The quantitative estimate of drug-likeness (QED) is 0.0844. The first-order valence-corrected chi connectivity index (χ1v) is 46.7. The molecule has 5 aromatic heterocycles. The van der Waals surface area contributed by atoms with Gasteiger partial charge in [-0.25, -0.2) is 24.0 Å². The largest absolute Gasteiger partial charge is 0.453 e. The van der Waals surface area contributed by atoms with E-state index in [9.17, 15) is 24.0 Å². The van der Waals surface area contributed by atoms with E-state index in [0.29, 0.717) is 88.8 Å². The van der Waals surface area contributed by atoms with E-state index in [2.05, 4.69) is 65.1 Å². The van der Waals surface area contributed by atoms with Gasteiger partial charge in [-0.05, 0) is 240 Å². The first-order chi connectivity index (χ1) is 65.1. The van der Waals surface area contributed by atoms with Gasteiger partial charge < -0.3 is 48.6 Å². The molecule has 16 aromatic rings. The Morgan fingerprint density at radius 3 is 0.940 bits per heavy atom. The summed E-state index contributed by atoms with van der Waals surface area (Å²) in [5.74, 6) is 0.846. The fourth-order valence-corrected chi connectivity index (χ4v) is 20.1. The molecule has 0 fully saturated rings. The molecule has 5 aliphatic rings. The Morgan fingerprint density at radius 1 is 0.358 bits per heavy atom. The van der Waals surface area contributed by atoms with Crippen LogP contribution in [-0.2, 0) is 51.1 Å². The van der Waals surface area contributed by atoms with Crippen LogP contribution in [0.5, 0.6) is 5.75 Å². The molecule has 0 spiro atoms. The lowest BCUT2D eigenvalue weighted by Gasteiger charge is -2.35. The van der Waals surface area contributed by atoms with Crippen molar-refractivity contribution >= 4 is 159 Å². The fourth-order valence-electron chi connectivity index (χ4n) is 18.9. The summed E-state index contributed by atoms with van der Waals surface area (Å²) in [4.78, 5) is 89.6. The number of carbonyl (C=O) groups is 5. The number of carbonyl (C=O) groups excluding carboxylic acids is 5. The molecule has 5 N–H and O–H groups in total. The van der Waals surface area contributed by atoms with Gasteiger partial charge in [0, 0.05) is 145 Å². The molecular formula is C106H92BrCl5N12O10. The average molecular weight is 1950 g/mol. The average Bonchev–Trinajstić information content (AvgIpc) is 1.61. The lowest BCUT2D eigenvalue weighted by molar-refractivity contribution is 0.0796. The normalized spacial score (nSPS) is 16.3. The minimum Gasteiger partial charge on any atom is -0.453 e. The van der Waals surface area contributed by atoms with Gasteiger partial charge in [0.2, 0.25) is 0 Å². The second kappa shape index (κ2) is 40.8. The van der Waals surface area contributed by atoms with E-state index >= 15 is 0 Å². The molecule has 11 aromatic carbocycles. The van der Waals surface area contributed by atoms with E-state index in [1.165, 1.54) is 36.5 Å². The predicted molar refractivity (Wildman–Crippen MR) is 528 cm³/mol. The summed E-state index contributed by atoms with van der Waals surface area (Å²) in [5.41, 5.74) is 22.2. The first kappa shape index (κ1) is 92.2. The summed E-state index contributed by atoms with van der Waals surface area (Å²) in [6.45, 7) is 9.50. The van der Waals surface area contributed by atoms with Crippen LogP contribution in [0.2, 0.25) is 25.1 Å². The minimum atomic E-state index is -0.373. The number of aromatic nitrogens is 5. The second-order valence-corrected chi connectivity index (χ2v) is 36.5. The smallest absolute Gasteiger partial charge is 0.416 e. The summed E-state index contributed by atoms with van der Waals surface area (Å²) in [6.07, 6.45) is 2.06. The summed E-state index contributed by atoms with van der Waals surface area (Å²) >= 11 is 34.6. The summed E-state index contributed by atoms with van der Waals surface area (Å²) < 4.78 is 27.5. The van der Waals surface area contributed by atoms with E-state index in [0.717, 1.165) is 158 Å². The van der Waals surface area contributed by atoms with Gasteiger partial charge in [0.05, 0.1) is 50.7 Å². The lowest BCUT2D eigenvalue weighted by atomic mass is 9.92. The third-order valence-electron chi connectivity index (χ3n) is 24.8. The zero-order chi connectivity index (χ0) is 93.5. The van der Waals surface area contributed by atoms with Gasteiger partial charge in [-0.3, -0.25) is 24.5 Å². The van der Waals surface area contributed by atoms with Crippen molar-refractivity contribution in [3.63, 3.8) is 0 Å². The van der Waals surface area contributed by atoms with E-state index in [1.807, 2.05) is 225 Å². The molecule has 5 atom stereocenters. The number of para-hydroxylation sites is 1. The highest BCUT2D eigenvalue weighted by atomic mass is 79.9. The number of fused-ring (bicyclic) bond motifs is 15. The number of nitrogens with zero attached hydrogens (tertiary/aromatic N) is 7. The number of nitrogens with one attached hydrogen (secondary N) is 5. The van der Waals surface area contributed by atoms with Crippen LogP contribution in [0.4, 0.5) is 24.0 Å². The van der Waals surface area contributed by atoms with E-state index in [1.54, 1.807) is 62.9 Å². The lowest BCUT2D eigenvalue weighted by Crippen LogP contribution is -2.42. The van der Waals surface area contributed by atoms with Crippen molar-refractivity contribution in [2.45, 2.75) is 83.1 Å². The van der Waals surface area contributed by atoms with Crippen molar-refractivity contribution in [3.8, 4) is 17.9 Å². The minimum absolute atomic E-state index is 0.194. The monoisotopic (exact) mass is 1950 g/mol. The van der Waals surface area contributed by atoms with Crippen LogP contribution in [-0.4, -0.2) is 140 Å². The number of ether oxygens (including phenoxy) is 5. The zero-order valence-corrected chi connectivity index (χ0v) is 79.0. The number of aromatic amines is 5. The van der Waals surface area contributed by atoms with E-state index < -0.39 is 0 Å². The van der Waals surface area contributed by atoms with Crippen molar-refractivity contribution in [1.82, 2.24) is 49.4 Å². The standard InChI is InChI=1S/C24H19ClN2O2.C22H23ClN2O2.C21H18ClN3O2.C20H16ClN3O2.C19H16BrClN2O2/c25-17-11-12-21-20(15-17)19-13-14-27(24(28)29-18-9-5-2-6-10-18)23(22(19)26-21)16-7-3-1-4-8-16;1-14(2)13-27-22(26)25-11-10-17-18-12-16(23)8-9-19(18)24-20(17)21(25)15-6-4-3-5-7-15;1-2-27-21(26)25-10-9-16-17-11-15(22)7-8-18(17)24-19(16)20(25)14-5-3-13(12-23)4-6-14;1-26-20(25)24-9-8-15-16-10-14(21)6-7-17(16)23-18(15)19(24)13-4-2-12(11-22)3-5-13;1-25-19(24)23-8-7-14-15-10-13(21)5-6-16(15)22-17(14)18(23)11-3-2-4-12(20)9-11/h1-12,15,23,26H,13-14H2;3-9,12,14,21,24H,10-11,13H2,1-2H3;3-8,11,20,24H,2,9-10H2,1H3;2-7,10,19,23H,8-9H2,1H3;2-6,9-10,18,22H,7-8H2,1H3. The molecule has 21 rings (SSSR count). The number of H-pyrrole nitrogens is 5. The second-order valence-electron chi connectivity index (χ2n) is 33.4. The van der Waals surface area contributed by atoms with Crippen LogP contribution >= 0.6 is 73.9 Å². The zero-order valence-electron chi connectivity index (χ0n) is 73.7. The van der Waals surface area contributed by atoms with Crippen molar-refractivity contribution in [2.24, 2.45) is 5.92 Å². The van der Waals surface area contributed by atoms with Crippen LogP contribution in [0.3, 0.4) is 0 Å². The fraction of sp³-hybridized carbons (Fsp3) is 0.217. The molecule has 28 heteroatoms. The number of nitriles is 2. The molecule has 5 unspecified atom stereocenters. The van der Waals surface area contributed by atoms with Gasteiger partial charge in [-0.1, -0.05) is 203 Å². The van der Waals surface area contributed by atoms with Crippen molar-refractivity contribution in [2.75, 3.05) is 60.2 Å². The number of methoxy groups -OCH3 is 2. The van der Waals surface area contributed by atoms with E-state index in [4.69, 9.17) is 92.2 Å². The number of halogens is 6. The Hall–Kier alpha value is -13.6. The van der Waals surface area contributed by atoms with Gasteiger partial charge in [0.25, 0.3) is 0 Å². The maximum absolute atomic E-state index is 13.1. The number of benzene rings is 11. The molecule has 0 bridgehead atoms. The summed E-state index contributed by atoms with van der Waals surface area (Å²) in [5, 5.41) is 27.2. The van der Waals surface area contributed by atoms with Crippen LogP contribution in [0.25, 0.3) is 54.5 Å². The third-order valence-corrected chi connectivity index (χ3v) is 26.5. The van der Waals surface area contributed by atoms with Crippen molar-refractivity contribution < 1.29 is 47.7 Å². The van der Waals surface area contributed by atoms with E-state index in [-0.39, 0.29) is 60.7 Å².